The third-order valence-electron chi connectivity index (χ3n) is 5.93. The van der Waals surface area contributed by atoms with Gasteiger partial charge < -0.3 is 14.5 Å². The molecule has 0 saturated carbocycles. The van der Waals surface area contributed by atoms with Crippen LogP contribution in [0.25, 0.3) is 0 Å². The van der Waals surface area contributed by atoms with Crippen molar-refractivity contribution >= 4 is 11.8 Å². The molecule has 2 aromatic rings. The van der Waals surface area contributed by atoms with E-state index in [0.717, 1.165) is 24.2 Å². The maximum absolute atomic E-state index is 13.2. The van der Waals surface area contributed by atoms with Crippen molar-refractivity contribution in [2.75, 3.05) is 27.2 Å². The predicted molar refractivity (Wildman–Crippen MR) is 119 cm³/mol. The van der Waals surface area contributed by atoms with Crippen LogP contribution in [0.5, 0.6) is 5.75 Å². The summed E-state index contributed by atoms with van der Waals surface area (Å²) in [4.78, 5) is 28.9. The van der Waals surface area contributed by atoms with E-state index in [1.165, 1.54) is 0 Å². The van der Waals surface area contributed by atoms with Crippen LogP contribution >= 0.6 is 0 Å². The number of hydrogen-bond donors (Lipinski definition) is 0. The first kappa shape index (κ1) is 22.4. The zero-order valence-electron chi connectivity index (χ0n) is 18.7. The van der Waals surface area contributed by atoms with Gasteiger partial charge >= 0.3 is 0 Å². The summed E-state index contributed by atoms with van der Waals surface area (Å²) < 4.78 is 7.01. The zero-order chi connectivity index (χ0) is 22.4. The Bertz CT molecular complexity index is 980. The minimum Gasteiger partial charge on any atom is -0.497 e. The number of aromatic nitrogens is 2. The molecular weight excluding hydrogens is 392 g/mol. The van der Waals surface area contributed by atoms with Gasteiger partial charge in [0.25, 0.3) is 11.8 Å². The molecule has 7 heteroatoms. The Kier molecular flexibility index (Phi) is 7.35. The van der Waals surface area contributed by atoms with Crippen molar-refractivity contribution in [2.24, 2.45) is 13.0 Å². The molecule has 0 N–H and O–H groups in total. The quantitative estimate of drug-likeness (QED) is 0.671. The van der Waals surface area contributed by atoms with E-state index >= 15 is 0 Å². The summed E-state index contributed by atoms with van der Waals surface area (Å²) in [6.07, 6.45) is 4.13. The predicted octanol–water partition coefficient (Wildman–Crippen LogP) is 2.37. The van der Waals surface area contributed by atoms with Gasteiger partial charge in [0.2, 0.25) is 0 Å². The van der Waals surface area contributed by atoms with Gasteiger partial charge in [0, 0.05) is 39.4 Å². The van der Waals surface area contributed by atoms with E-state index in [0.29, 0.717) is 25.2 Å². The van der Waals surface area contributed by atoms with Gasteiger partial charge in [0.05, 0.1) is 7.11 Å². The van der Waals surface area contributed by atoms with Gasteiger partial charge in [-0.15, -0.1) is 0 Å². The number of amides is 2. The van der Waals surface area contributed by atoms with Crippen molar-refractivity contribution in [2.45, 2.75) is 32.2 Å². The minimum absolute atomic E-state index is 0.0175. The van der Waals surface area contributed by atoms with Crippen LogP contribution in [0.4, 0.5) is 0 Å². The second-order valence-electron chi connectivity index (χ2n) is 7.92. The van der Waals surface area contributed by atoms with Gasteiger partial charge in [-0.05, 0) is 61.8 Å². The first-order valence-electron chi connectivity index (χ1n) is 10.5. The van der Waals surface area contributed by atoms with E-state index in [2.05, 4.69) is 23.0 Å². The fourth-order valence-electron chi connectivity index (χ4n) is 4.19. The maximum Gasteiger partial charge on any atom is 0.298 e. The Hall–Kier alpha value is -3.27. The molecular formula is C24H30N4O3. The highest BCUT2D eigenvalue weighted by molar-refractivity contribution is 5.93. The number of carbonyl (C=O) groups is 2. The molecule has 1 aliphatic rings. The number of aryl methyl sites for hydroxylation is 1. The van der Waals surface area contributed by atoms with Gasteiger partial charge in [0.1, 0.15) is 11.4 Å². The molecule has 0 spiro atoms. The van der Waals surface area contributed by atoms with E-state index in [4.69, 9.17) is 4.74 Å². The van der Waals surface area contributed by atoms with Gasteiger partial charge in [-0.3, -0.25) is 14.3 Å². The summed E-state index contributed by atoms with van der Waals surface area (Å²) in [6, 6.07) is 9.69. The fourth-order valence-corrected chi connectivity index (χ4v) is 4.19. The summed E-state index contributed by atoms with van der Waals surface area (Å²) in [6.45, 7) is 2.98. The molecule has 1 fully saturated rings. The molecule has 1 aliphatic heterocycles. The van der Waals surface area contributed by atoms with Crippen LogP contribution < -0.4 is 4.74 Å². The smallest absolute Gasteiger partial charge is 0.298 e. The Balaban J connectivity index is 1.80. The molecule has 31 heavy (non-hydrogen) atoms. The number of hydrogen-bond acceptors (Lipinski definition) is 4. The van der Waals surface area contributed by atoms with E-state index in [1.807, 2.05) is 30.1 Å². The van der Waals surface area contributed by atoms with Crippen LogP contribution in [-0.4, -0.2) is 64.7 Å². The number of benzene rings is 1. The molecule has 1 aromatic heterocycles. The minimum atomic E-state index is -0.122. The monoisotopic (exact) mass is 422 g/mol. The number of likely N-dealkylation sites (N-methyl/N-ethyl adjacent to an activating group) is 1. The average molecular weight is 423 g/mol. The van der Waals surface area contributed by atoms with Crippen LogP contribution in [0.3, 0.4) is 0 Å². The van der Waals surface area contributed by atoms with Gasteiger partial charge in [0.15, 0.2) is 0 Å². The SMILES string of the molecule is CC#CC(=O)N1CCC([C@H](Cc2cccc(OC)c2)N(C)C(=O)c2ccn(C)n2)CC1. The van der Waals surface area contributed by atoms with Gasteiger partial charge in [-0.1, -0.05) is 18.1 Å². The lowest BCUT2D eigenvalue weighted by Crippen LogP contribution is -2.48. The lowest BCUT2D eigenvalue weighted by molar-refractivity contribution is -0.126. The molecule has 0 unspecified atom stereocenters. The van der Waals surface area contributed by atoms with E-state index in [9.17, 15) is 9.59 Å². The Labute approximate surface area is 184 Å². The number of rotatable bonds is 6. The number of piperidine rings is 1. The second kappa shape index (κ2) is 10.2. The normalized spacial score (nSPS) is 15.0. The molecule has 1 saturated heterocycles. The summed E-state index contributed by atoms with van der Waals surface area (Å²) in [5, 5.41) is 4.29. The first-order valence-corrected chi connectivity index (χ1v) is 10.5. The first-order chi connectivity index (χ1) is 14.9. The molecule has 1 atom stereocenters. The maximum atomic E-state index is 13.2. The molecule has 3 rings (SSSR count). The number of carbonyl (C=O) groups excluding carboxylic acids is 2. The summed E-state index contributed by atoms with van der Waals surface area (Å²) >= 11 is 0. The van der Waals surface area contributed by atoms with Crippen molar-refractivity contribution in [3.63, 3.8) is 0 Å². The van der Waals surface area contributed by atoms with E-state index < -0.39 is 0 Å². The molecule has 2 heterocycles. The largest absolute Gasteiger partial charge is 0.497 e. The summed E-state index contributed by atoms with van der Waals surface area (Å²) in [5.74, 6) is 6.16. The molecule has 7 nitrogen and oxygen atoms in total. The number of nitrogens with zero attached hydrogens (tertiary/aromatic N) is 4. The second-order valence-corrected chi connectivity index (χ2v) is 7.92. The Morgan fingerprint density at radius 3 is 2.65 bits per heavy atom. The molecule has 0 bridgehead atoms. The summed E-state index contributed by atoms with van der Waals surface area (Å²) in [5.41, 5.74) is 1.55. The highest BCUT2D eigenvalue weighted by Gasteiger charge is 2.33. The van der Waals surface area contributed by atoms with Crippen LogP contribution in [0.1, 0.15) is 35.8 Å². The fraction of sp³-hybridized carbons (Fsp3) is 0.458. The standard InChI is InChI=1S/C24H30N4O3/c1-5-7-23(29)28-14-10-19(11-15-28)22(17-18-8-6-9-20(16-18)31-4)27(3)24(30)21-12-13-26(2)25-21/h6,8-9,12-13,16,19,22H,10-11,14-15,17H2,1-4H3/t22-/m0/s1. The lowest BCUT2D eigenvalue weighted by Gasteiger charge is -2.39. The third-order valence-corrected chi connectivity index (χ3v) is 5.93. The van der Waals surface area contributed by atoms with E-state index in [-0.39, 0.29) is 23.8 Å². The van der Waals surface area contributed by atoms with E-state index in [1.54, 1.807) is 42.9 Å². The lowest BCUT2D eigenvalue weighted by atomic mass is 9.84. The van der Waals surface area contributed by atoms with Gasteiger partial charge in [-0.25, -0.2) is 0 Å². The van der Waals surface area contributed by atoms with Crippen LogP contribution in [0.2, 0.25) is 0 Å². The van der Waals surface area contributed by atoms with Crippen molar-refractivity contribution in [3.05, 3.63) is 47.8 Å². The van der Waals surface area contributed by atoms with Crippen LogP contribution in [-0.2, 0) is 18.3 Å². The highest BCUT2D eigenvalue weighted by atomic mass is 16.5. The van der Waals surface area contributed by atoms with Crippen LogP contribution in [0.15, 0.2) is 36.5 Å². The van der Waals surface area contributed by atoms with Crippen molar-refractivity contribution in [1.29, 1.82) is 0 Å². The van der Waals surface area contributed by atoms with Crippen molar-refractivity contribution in [1.82, 2.24) is 19.6 Å². The summed E-state index contributed by atoms with van der Waals surface area (Å²) in [7, 11) is 5.30. The molecule has 0 radical (unpaired) electrons. The molecule has 2 amide bonds. The topological polar surface area (TPSA) is 67.7 Å². The van der Waals surface area contributed by atoms with Gasteiger partial charge in [-0.2, -0.15) is 5.10 Å². The Morgan fingerprint density at radius 2 is 2.03 bits per heavy atom. The molecule has 164 valence electrons. The zero-order valence-corrected chi connectivity index (χ0v) is 18.7. The number of ether oxygens (including phenoxy) is 1. The Morgan fingerprint density at radius 1 is 1.29 bits per heavy atom. The average Bonchev–Trinajstić information content (AvgIpc) is 3.23. The highest BCUT2D eigenvalue weighted by Crippen LogP contribution is 2.28. The third kappa shape index (κ3) is 5.46. The van der Waals surface area contributed by atoms with Crippen molar-refractivity contribution < 1.29 is 14.3 Å². The number of methoxy groups -OCH3 is 1. The van der Waals surface area contributed by atoms with Crippen LogP contribution in [0, 0.1) is 17.8 Å². The molecule has 0 aliphatic carbocycles. The van der Waals surface area contributed by atoms with Crippen molar-refractivity contribution in [3.8, 4) is 17.6 Å². The molecule has 1 aromatic carbocycles. The number of likely N-dealkylation sites (tertiary alicyclic amines) is 1.